The number of methoxy groups -OCH3 is 1. The quantitative estimate of drug-likeness (QED) is 0.788. The molecular weight excluding hydrogens is 302 g/mol. The summed E-state index contributed by atoms with van der Waals surface area (Å²) < 4.78 is 11.2. The molecule has 4 nitrogen and oxygen atoms in total. The van der Waals surface area contributed by atoms with Gasteiger partial charge in [0.2, 0.25) is 0 Å². The summed E-state index contributed by atoms with van der Waals surface area (Å²) in [5.74, 6) is 1.34. The Labute approximate surface area is 143 Å². The van der Waals surface area contributed by atoms with E-state index in [0.29, 0.717) is 24.5 Å². The van der Waals surface area contributed by atoms with Crippen LogP contribution in [-0.2, 0) is 6.61 Å². The van der Waals surface area contributed by atoms with Crippen LogP contribution in [0.25, 0.3) is 0 Å². The fourth-order valence-electron chi connectivity index (χ4n) is 2.26. The lowest BCUT2D eigenvalue weighted by Crippen LogP contribution is -2.23. The number of carbonyl (C=O) groups excluding carboxylic acids is 1. The second kappa shape index (κ2) is 8.20. The normalized spacial score (nSPS) is 10.1. The predicted molar refractivity (Wildman–Crippen MR) is 95.8 cm³/mol. The molecule has 126 valence electrons. The Hall–Kier alpha value is -2.75. The number of hydrogen-bond donors (Lipinski definition) is 1. The molecular formula is C20H23NO3. The Balaban J connectivity index is 2.16. The van der Waals surface area contributed by atoms with Gasteiger partial charge in [-0.1, -0.05) is 12.1 Å². The average molecular weight is 325 g/mol. The smallest absolute Gasteiger partial charge is 0.251 e. The third-order valence-corrected chi connectivity index (χ3v) is 3.82. The Kier molecular flexibility index (Phi) is 6.01. The largest absolute Gasteiger partial charge is 0.496 e. The van der Waals surface area contributed by atoms with E-state index < -0.39 is 0 Å². The summed E-state index contributed by atoms with van der Waals surface area (Å²) in [6, 6.07) is 11.3. The van der Waals surface area contributed by atoms with E-state index in [1.807, 2.05) is 25.1 Å². The SMILES string of the molecule is C=CCNC(=O)c1ccc(OC)c(COc2ccc(C)c(C)c2)c1. The van der Waals surface area contributed by atoms with E-state index in [0.717, 1.165) is 11.3 Å². The highest BCUT2D eigenvalue weighted by Gasteiger charge is 2.10. The molecule has 0 aliphatic carbocycles. The third kappa shape index (κ3) is 4.38. The lowest BCUT2D eigenvalue weighted by Gasteiger charge is -2.13. The fraction of sp³-hybridized carbons (Fsp3) is 0.250. The first-order valence-corrected chi connectivity index (χ1v) is 7.81. The maximum Gasteiger partial charge on any atom is 0.251 e. The van der Waals surface area contributed by atoms with E-state index in [4.69, 9.17) is 9.47 Å². The Morgan fingerprint density at radius 3 is 2.62 bits per heavy atom. The minimum atomic E-state index is -0.148. The van der Waals surface area contributed by atoms with Gasteiger partial charge in [0.05, 0.1) is 7.11 Å². The van der Waals surface area contributed by atoms with Crippen molar-refractivity contribution in [2.75, 3.05) is 13.7 Å². The zero-order valence-corrected chi connectivity index (χ0v) is 14.4. The second-order valence-corrected chi connectivity index (χ2v) is 5.56. The predicted octanol–water partition coefficient (Wildman–Crippen LogP) is 3.81. The van der Waals surface area contributed by atoms with Crippen LogP contribution in [0.1, 0.15) is 27.0 Å². The van der Waals surface area contributed by atoms with Crippen LogP contribution in [0, 0.1) is 13.8 Å². The van der Waals surface area contributed by atoms with Crippen molar-refractivity contribution in [3.63, 3.8) is 0 Å². The number of hydrogen-bond acceptors (Lipinski definition) is 3. The van der Waals surface area contributed by atoms with Gasteiger partial charge >= 0.3 is 0 Å². The molecule has 0 aromatic heterocycles. The van der Waals surface area contributed by atoms with Gasteiger partial charge in [0.25, 0.3) is 5.91 Å². The second-order valence-electron chi connectivity index (χ2n) is 5.56. The van der Waals surface area contributed by atoms with Crippen LogP contribution in [0.4, 0.5) is 0 Å². The number of aryl methyl sites for hydroxylation is 2. The van der Waals surface area contributed by atoms with Gasteiger partial charge in [-0.25, -0.2) is 0 Å². The summed E-state index contributed by atoms with van der Waals surface area (Å²) in [5, 5.41) is 2.76. The van der Waals surface area contributed by atoms with Crippen LogP contribution in [0.5, 0.6) is 11.5 Å². The Morgan fingerprint density at radius 1 is 1.17 bits per heavy atom. The van der Waals surface area contributed by atoms with E-state index in [9.17, 15) is 4.79 Å². The first-order valence-electron chi connectivity index (χ1n) is 7.81. The van der Waals surface area contributed by atoms with Crippen LogP contribution in [0.2, 0.25) is 0 Å². The zero-order chi connectivity index (χ0) is 17.5. The molecule has 2 rings (SSSR count). The minimum Gasteiger partial charge on any atom is -0.496 e. The van der Waals surface area contributed by atoms with Gasteiger partial charge < -0.3 is 14.8 Å². The van der Waals surface area contributed by atoms with Crippen LogP contribution in [0.3, 0.4) is 0 Å². The van der Waals surface area contributed by atoms with E-state index >= 15 is 0 Å². The molecule has 0 saturated carbocycles. The standard InChI is InChI=1S/C20H23NO3/c1-5-10-21-20(22)16-7-9-19(23-4)17(12-16)13-24-18-8-6-14(2)15(3)11-18/h5-9,11-12H,1,10,13H2,2-4H3,(H,21,22). The summed E-state index contributed by atoms with van der Waals surface area (Å²) in [7, 11) is 1.60. The molecule has 0 aliphatic heterocycles. The fourth-order valence-corrected chi connectivity index (χ4v) is 2.26. The summed E-state index contributed by atoms with van der Waals surface area (Å²) >= 11 is 0. The monoisotopic (exact) mass is 325 g/mol. The summed E-state index contributed by atoms with van der Waals surface area (Å²) in [6.07, 6.45) is 1.64. The molecule has 0 aliphatic rings. The van der Waals surface area contributed by atoms with E-state index in [2.05, 4.69) is 18.8 Å². The maximum atomic E-state index is 12.1. The molecule has 2 aromatic rings. The molecule has 1 N–H and O–H groups in total. The molecule has 0 saturated heterocycles. The van der Waals surface area contributed by atoms with Crippen LogP contribution in [0.15, 0.2) is 49.1 Å². The Morgan fingerprint density at radius 2 is 1.96 bits per heavy atom. The highest BCUT2D eigenvalue weighted by atomic mass is 16.5. The highest BCUT2D eigenvalue weighted by Crippen LogP contribution is 2.23. The van der Waals surface area contributed by atoms with Crippen molar-refractivity contribution >= 4 is 5.91 Å². The molecule has 0 radical (unpaired) electrons. The van der Waals surface area contributed by atoms with Gasteiger partial charge in [-0.2, -0.15) is 0 Å². The zero-order valence-electron chi connectivity index (χ0n) is 14.4. The van der Waals surface area contributed by atoms with Gasteiger partial charge in [-0.05, 0) is 55.3 Å². The van der Waals surface area contributed by atoms with Gasteiger partial charge in [-0.15, -0.1) is 6.58 Å². The lowest BCUT2D eigenvalue weighted by atomic mass is 10.1. The number of benzene rings is 2. The minimum absolute atomic E-state index is 0.148. The van der Waals surface area contributed by atoms with Crippen molar-refractivity contribution < 1.29 is 14.3 Å². The summed E-state index contributed by atoms with van der Waals surface area (Å²) in [5.41, 5.74) is 3.79. The number of ether oxygens (including phenoxy) is 2. The van der Waals surface area contributed by atoms with Gasteiger partial charge in [0.1, 0.15) is 18.1 Å². The van der Waals surface area contributed by atoms with E-state index in [1.54, 1.807) is 31.4 Å². The molecule has 0 fully saturated rings. The first kappa shape index (κ1) is 17.6. The topological polar surface area (TPSA) is 47.6 Å². The molecule has 0 unspecified atom stereocenters. The van der Waals surface area contributed by atoms with Crippen LogP contribution < -0.4 is 14.8 Å². The van der Waals surface area contributed by atoms with Gasteiger partial charge in [0, 0.05) is 17.7 Å². The number of carbonyl (C=O) groups is 1. The highest BCUT2D eigenvalue weighted by molar-refractivity contribution is 5.94. The van der Waals surface area contributed by atoms with Crippen LogP contribution >= 0.6 is 0 Å². The molecule has 2 aromatic carbocycles. The molecule has 0 heterocycles. The number of amides is 1. The molecule has 0 atom stereocenters. The molecule has 4 heteroatoms. The molecule has 0 spiro atoms. The molecule has 0 bridgehead atoms. The lowest BCUT2D eigenvalue weighted by molar-refractivity contribution is 0.0958. The van der Waals surface area contributed by atoms with E-state index in [-0.39, 0.29) is 5.91 Å². The van der Waals surface area contributed by atoms with Crippen molar-refractivity contribution in [2.24, 2.45) is 0 Å². The van der Waals surface area contributed by atoms with E-state index in [1.165, 1.54) is 11.1 Å². The van der Waals surface area contributed by atoms with Crippen molar-refractivity contribution in [3.05, 3.63) is 71.3 Å². The first-order chi connectivity index (χ1) is 11.5. The Bertz CT molecular complexity index is 738. The van der Waals surface area contributed by atoms with Crippen molar-refractivity contribution in [1.29, 1.82) is 0 Å². The van der Waals surface area contributed by atoms with Gasteiger partial charge in [0.15, 0.2) is 0 Å². The van der Waals surface area contributed by atoms with Crippen LogP contribution in [-0.4, -0.2) is 19.6 Å². The van der Waals surface area contributed by atoms with Crippen molar-refractivity contribution in [3.8, 4) is 11.5 Å². The number of nitrogens with one attached hydrogen (secondary N) is 1. The van der Waals surface area contributed by atoms with Crippen molar-refractivity contribution in [1.82, 2.24) is 5.32 Å². The van der Waals surface area contributed by atoms with Gasteiger partial charge in [-0.3, -0.25) is 4.79 Å². The maximum absolute atomic E-state index is 12.1. The third-order valence-electron chi connectivity index (χ3n) is 3.82. The molecule has 1 amide bonds. The van der Waals surface area contributed by atoms with Crippen molar-refractivity contribution in [2.45, 2.75) is 20.5 Å². The summed E-state index contributed by atoms with van der Waals surface area (Å²) in [6.45, 7) is 8.46. The molecule has 24 heavy (non-hydrogen) atoms. The average Bonchev–Trinajstić information content (AvgIpc) is 2.60. The number of rotatable bonds is 7. The summed E-state index contributed by atoms with van der Waals surface area (Å²) in [4.78, 5) is 12.1.